The molecular formula is C14H22FN3. The Kier molecular flexibility index (Phi) is 4.17. The maximum Gasteiger partial charge on any atom is 0.214 e. The van der Waals surface area contributed by atoms with E-state index in [1.54, 1.807) is 6.07 Å². The van der Waals surface area contributed by atoms with Crippen LogP contribution in [0.5, 0.6) is 0 Å². The summed E-state index contributed by atoms with van der Waals surface area (Å²) in [5, 5.41) is 3.30. The van der Waals surface area contributed by atoms with Crippen LogP contribution in [-0.4, -0.2) is 37.1 Å². The molecule has 1 aliphatic carbocycles. The van der Waals surface area contributed by atoms with E-state index in [0.29, 0.717) is 11.2 Å². The molecule has 0 bridgehead atoms. The standard InChI is InChI=1S/C14H22FN3/c1-18(2)11-14(8-3-4-9-14)10-16-13-7-5-6-12(15)17-13/h5-7H,3-4,8-11H2,1-2H3,(H,16,17). The Morgan fingerprint density at radius 1 is 1.33 bits per heavy atom. The van der Waals surface area contributed by atoms with Gasteiger partial charge < -0.3 is 10.2 Å². The average molecular weight is 251 g/mol. The number of nitrogens with zero attached hydrogens (tertiary/aromatic N) is 2. The lowest BCUT2D eigenvalue weighted by Crippen LogP contribution is -2.37. The highest BCUT2D eigenvalue weighted by molar-refractivity contribution is 5.34. The number of rotatable bonds is 5. The zero-order valence-electron chi connectivity index (χ0n) is 11.2. The minimum atomic E-state index is -0.423. The van der Waals surface area contributed by atoms with Gasteiger partial charge in [0.25, 0.3) is 0 Å². The number of aromatic nitrogens is 1. The highest BCUT2D eigenvalue weighted by Gasteiger charge is 2.34. The molecule has 1 aromatic heterocycles. The molecule has 0 saturated heterocycles. The van der Waals surface area contributed by atoms with Crippen molar-refractivity contribution < 1.29 is 4.39 Å². The second-order valence-corrected chi connectivity index (χ2v) is 5.64. The van der Waals surface area contributed by atoms with E-state index in [1.807, 2.05) is 6.07 Å². The fourth-order valence-corrected chi connectivity index (χ4v) is 2.97. The Hall–Kier alpha value is -1.16. The van der Waals surface area contributed by atoms with Crippen LogP contribution in [0.15, 0.2) is 18.2 Å². The summed E-state index contributed by atoms with van der Waals surface area (Å²) >= 11 is 0. The van der Waals surface area contributed by atoms with Crippen molar-refractivity contribution in [2.24, 2.45) is 5.41 Å². The molecule has 2 rings (SSSR count). The molecule has 100 valence electrons. The molecule has 4 heteroatoms. The molecule has 3 nitrogen and oxygen atoms in total. The summed E-state index contributed by atoms with van der Waals surface area (Å²) in [5.74, 6) is 0.216. The van der Waals surface area contributed by atoms with Crippen LogP contribution in [0, 0.1) is 11.4 Å². The van der Waals surface area contributed by atoms with Crippen molar-refractivity contribution in [3.05, 3.63) is 24.1 Å². The van der Waals surface area contributed by atoms with Crippen LogP contribution in [0.1, 0.15) is 25.7 Å². The minimum Gasteiger partial charge on any atom is -0.369 e. The Balaban J connectivity index is 1.97. The molecule has 1 fully saturated rings. The van der Waals surface area contributed by atoms with Crippen LogP contribution < -0.4 is 5.32 Å². The second kappa shape index (κ2) is 5.65. The summed E-state index contributed by atoms with van der Waals surface area (Å²) in [6.45, 7) is 1.96. The molecule has 0 atom stereocenters. The molecule has 1 aliphatic rings. The minimum absolute atomic E-state index is 0.317. The first-order chi connectivity index (χ1) is 8.60. The van der Waals surface area contributed by atoms with E-state index in [4.69, 9.17) is 0 Å². The Morgan fingerprint density at radius 2 is 2.06 bits per heavy atom. The van der Waals surface area contributed by atoms with E-state index in [0.717, 1.165) is 13.1 Å². The number of halogens is 1. The van der Waals surface area contributed by atoms with Crippen molar-refractivity contribution in [3.63, 3.8) is 0 Å². The van der Waals surface area contributed by atoms with Crippen molar-refractivity contribution in [2.45, 2.75) is 25.7 Å². The van der Waals surface area contributed by atoms with Gasteiger partial charge in [0.05, 0.1) is 0 Å². The molecular weight excluding hydrogens is 229 g/mol. The maximum absolute atomic E-state index is 13.0. The molecule has 1 saturated carbocycles. The average Bonchev–Trinajstić information content (AvgIpc) is 2.75. The largest absolute Gasteiger partial charge is 0.369 e. The molecule has 0 amide bonds. The molecule has 0 spiro atoms. The summed E-state index contributed by atoms with van der Waals surface area (Å²) in [7, 11) is 4.22. The zero-order valence-corrected chi connectivity index (χ0v) is 11.2. The summed E-state index contributed by atoms with van der Waals surface area (Å²) in [6, 6.07) is 4.88. The van der Waals surface area contributed by atoms with Gasteiger partial charge in [0.1, 0.15) is 5.82 Å². The van der Waals surface area contributed by atoms with Gasteiger partial charge in [-0.3, -0.25) is 0 Å². The third kappa shape index (κ3) is 3.42. The summed E-state index contributed by atoms with van der Waals surface area (Å²) in [5.41, 5.74) is 0.317. The lowest BCUT2D eigenvalue weighted by Gasteiger charge is -2.32. The highest BCUT2D eigenvalue weighted by atomic mass is 19.1. The van der Waals surface area contributed by atoms with Gasteiger partial charge in [-0.05, 0) is 39.1 Å². The SMILES string of the molecule is CN(C)CC1(CNc2cccc(F)n2)CCCC1. The maximum atomic E-state index is 13.0. The molecule has 0 unspecified atom stereocenters. The summed E-state index contributed by atoms with van der Waals surface area (Å²) in [6.07, 6.45) is 5.08. The van der Waals surface area contributed by atoms with Gasteiger partial charge in [-0.1, -0.05) is 18.9 Å². The number of pyridine rings is 1. The second-order valence-electron chi connectivity index (χ2n) is 5.64. The van der Waals surface area contributed by atoms with Crippen LogP contribution in [0.4, 0.5) is 10.2 Å². The molecule has 1 aromatic rings. The Bertz CT molecular complexity index is 386. The normalized spacial score (nSPS) is 18.2. The van der Waals surface area contributed by atoms with Crippen molar-refractivity contribution in [1.29, 1.82) is 0 Å². The molecule has 18 heavy (non-hydrogen) atoms. The van der Waals surface area contributed by atoms with E-state index >= 15 is 0 Å². The van der Waals surface area contributed by atoms with Gasteiger partial charge in [-0.15, -0.1) is 0 Å². The lowest BCUT2D eigenvalue weighted by atomic mass is 9.85. The van der Waals surface area contributed by atoms with Gasteiger partial charge >= 0.3 is 0 Å². The van der Waals surface area contributed by atoms with E-state index in [2.05, 4.69) is 29.3 Å². The lowest BCUT2D eigenvalue weighted by molar-refractivity contribution is 0.215. The Labute approximate surface area is 108 Å². The van der Waals surface area contributed by atoms with E-state index in [1.165, 1.54) is 31.7 Å². The van der Waals surface area contributed by atoms with E-state index in [9.17, 15) is 4.39 Å². The van der Waals surface area contributed by atoms with Crippen molar-refractivity contribution >= 4 is 5.82 Å². The van der Waals surface area contributed by atoms with Crippen molar-refractivity contribution in [3.8, 4) is 0 Å². The number of anilines is 1. The van der Waals surface area contributed by atoms with Gasteiger partial charge in [0.15, 0.2) is 0 Å². The van der Waals surface area contributed by atoms with Crippen molar-refractivity contribution in [1.82, 2.24) is 9.88 Å². The van der Waals surface area contributed by atoms with Crippen LogP contribution in [-0.2, 0) is 0 Å². The third-order valence-electron chi connectivity index (χ3n) is 3.68. The van der Waals surface area contributed by atoms with Gasteiger partial charge in [0.2, 0.25) is 5.95 Å². The highest BCUT2D eigenvalue weighted by Crippen LogP contribution is 2.38. The third-order valence-corrected chi connectivity index (χ3v) is 3.68. The van der Waals surface area contributed by atoms with Crippen LogP contribution >= 0.6 is 0 Å². The first kappa shape index (κ1) is 13.3. The smallest absolute Gasteiger partial charge is 0.214 e. The number of nitrogens with one attached hydrogen (secondary N) is 1. The molecule has 0 aliphatic heterocycles. The molecule has 0 radical (unpaired) electrons. The van der Waals surface area contributed by atoms with Gasteiger partial charge in [-0.25, -0.2) is 4.98 Å². The monoisotopic (exact) mass is 251 g/mol. The van der Waals surface area contributed by atoms with Crippen LogP contribution in [0.2, 0.25) is 0 Å². The summed E-state index contributed by atoms with van der Waals surface area (Å²) in [4.78, 5) is 6.10. The fourth-order valence-electron chi connectivity index (χ4n) is 2.97. The fraction of sp³-hybridized carbons (Fsp3) is 0.643. The van der Waals surface area contributed by atoms with Crippen LogP contribution in [0.3, 0.4) is 0 Å². The van der Waals surface area contributed by atoms with E-state index < -0.39 is 5.95 Å². The quantitative estimate of drug-likeness (QED) is 0.816. The predicted molar refractivity (Wildman–Crippen MR) is 72.1 cm³/mol. The van der Waals surface area contributed by atoms with Crippen molar-refractivity contribution in [2.75, 3.05) is 32.5 Å². The van der Waals surface area contributed by atoms with E-state index in [-0.39, 0.29) is 0 Å². The van der Waals surface area contributed by atoms with Crippen LogP contribution in [0.25, 0.3) is 0 Å². The predicted octanol–water partition coefficient (Wildman–Crippen LogP) is 2.75. The Morgan fingerprint density at radius 3 is 2.67 bits per heavy atom. The zero-order chi connectivity index (χ0) is 13.0. The first-order valence-corrected chi connectivity index (χ1v) is 6.61. The molecule has 1 heterocycles. The molecule has 1 N–H and O–H groups in total. The van der Waals surface area contributed by atoms with Gasteiger partial charge in [0, 0.05) is 18.5 Å². The topological polar surface area (TPSA) is 28.2 Å². The first-order valence-electron chi connectivity index (χ1n) is 6.61. The number of hydrogen-bond donors (Lipinski definition) is 1. The van der Waals surface area contributed by atoms with Gasteiger partial charge in [-0.2, -0.15) is 4.39 Å². The molecule has 0 aromatic carbocycles. The number of hydrogen-bond acceptors (Lipinski definition) is 3. The summed E-state index contributed by atoms with van der Waals surface area (Å²) < 4.78 is 13.0.